The first kappa shape index (κ1) is 25.1. The summed E-state index contributed by atoms with van der Waals surface area (Å²) in [4.78, 5) is 14.6. The Labute approximate surface area is 215 Å². The third kappa shape index (κ3) is 5.42. The average Bonchev–Trinajstić information content (AvgIpc) is 3.66. The van der Waals surface area contributed by atoms with Crippen LogP contribution in [-0.4, -0.2) is 38.8 Å². The normalized spacial score (nSPS) is 18.2. The summed E-state index contributed by atoms with van der Waals surface area (Å²) in [7, 11) is 0. The number of halogens is 1. The number of rotatable bonds is 8. The van der Waals surface area contributed by atoms with Crippen LogP contribution in [-0.2, 0) is 16.9 Å². The summed E-state index contributed by atoms with van der Waals surface area (Å²) in [6.45, 7) is 1.98. The fourth-order valence-corrected chi connectivity index (χ4v) is 5.04. The molecule has 0 radical (unpaired) electrons. The van der Waals surface area contributed by atoms with Gasteiger partial charge in [0.25, 0.3) is 0 Å². The van der Waals surface area contributed by atoms with Crippen LogP contribution in [0.3, 0.4) is 0 Å². The van der Waals surface area contributed by atoms with Gasteiger partial charge in [0.1, 0.15) is 12.0 Å². The van der Waals surface area contributed by atoms with Crippen molar-refractivity contribution in [2.75, 3.05) is 18.4 Å². The monoisotopic (exact) mass is 502 g/mol. The molecule has 1 aromatic heterocycles. The summed E-state index contributed by atoms with van der Waals surface area (Å²) in [5.74, 6) is -0.136. The summed E-state index contributed by atoms with van der Waals surface area (Å²) in [6.07, 6.45) is 3.57. The van der Waals surface area contributed by atoms with Gasteiger partial charge < -0.3 is 16.2 Å². The molecule has 1 aliphatic carbocycles. The minimum absolute atomic E-state index is 0.0178. The molecule has 1 saturated carbocycles. The second kappa shape index (κ2) is 10.4. The second-order valence-electron chi connectivity index (χ2n) is 10.1. The molecule has 2 heterocycles. The molecule has 1 unspecified atom stereocenters. The number of aliphatic hydroxyl groups is 1. The number of piperidine rings is 1. The van der Waals surface area contributed by atoms with E-state index in [1.54, 1.807) is 16.9 Å². The molecule has 2 aromatic carbocycles. The summed E-state index contributed by atoms with van der Waals surface area (Å²) in [5, 5.41) is 27.1. The van der Waals surface area contributed by atoms with Gasteiger partial charge in [-0.2, -0.15) is 10.4 Å². The van der Waals surface area contributed by atoms with Gasteiger partial charge in [-0.05, 0) is 42.9 Å². The predicted molar refractivity (Wildman–Crippen MR) is 137 cm³/mol. The topological polar surface area (TPSA) is 120 Å². The fourth-order valence-electron chi connectivity index (χ4n) is 5.04. The number of carbonyl (C=O) groups excluding carboxylic acids is 1. The van der Waals surface area contributed by atoms with E-state index >= 15 is 0 Å². The van der Waals surface area contributed by atoms with E-state index < -0.39 is 11.8 Å². The molecule has 0 spiro atoms. The van der Waals surface area contributed by atoms with E-state index in [4.69, 9.17) is 5.73 Å². The van der Waals surface area contributed by atoms with E-state index in [-0.39, 0.29) is 29.9 Å². The van der Waals surface area contributed by atoms with E-state index in [1.165, 1.54) is 0 Å². The van der Waals surface area contributed by atoms with E-state index in [0.717, 1.165) is 24.0 Å². The van der Waals surface area contributed by atoms with Gasteiger partial charge in [0.05, 0.1) is 23.6 Å². The Kier molecular flexibility index (Phi) is 7.07. The molecular formula is C28H31FN6O2. The highest BCUT2D eigenvalue weighted by Crippen LogP contribution is 2.37. The number of aliphatic hydroxyl groups excluding tert-OH is 1. The van der Waals surface area contributed by atoms with Gasteiger partial charge in [0.15, 0.2) is 5.82 Å². The number of anilines is 1. The van der Waals surface area contributed by atoms with Gasteiger partial charge in [-0.1, -0.05) is 42.5 Å². The fraction of sp³-hybridized carbons (Fsp3) is 0.393. The number of amides is 1. The second-order valence-corrected chi connectivity index (χ2v) is 10.1. The van der Waals surface area contributed by atoms with Crippen molar-refractivity contribution < 1.29 is 14.3 Å². The number of aromatic nitrogens is 2. The highest BCUT2D eigenvalue weighted by molar-refractivity contribution is 5.93. The first-order valence-electron chi connectivity index (χ1n) is 12.7. The summed E-state index contributed by atoms with van der Waals surface area (Å²) < 4.78 is 16.6. The first-order chi connectivity index (χ1) is 17.9. The lowest BCUT2D eigenvalue weighted by molar-refractivity contribution is -0.117. The zero-order chi connectivity index (χ0) is 26.0. The van der Waals surface area contributed by atoms with Crippen molar-refractivity contribution >= 4 is 11.7 Å². The van der Waals surface area contributed by atoms with Gasteiger partial charge in [0, 0.05) is 37.3 Å². The lowest BCUT2D eigenvalue weighted by Gasteiger charge is -2.40. The van der Waals surface area contributed by atoms with Crippen molar-refractivity contribution in [1.82, 2.24) is 14.7 Å². The van der Waals surface area contributed by atoms with Gasteiger partial charge in [0.2, 0.25) is 5.91 Å². The summed E-state index contributed by atoms with van der Waals surface area (Å²) in [6, 6.07) is 17.1. The van der Waals surface area contributed by atoms with E-state index in [9.17, 15) is 19.6 Å². The SMILES string of the molecule is N#CCC1(n2cc(C(N)O)c(NC(=O)C3CC3)n2)CCN(Cc2ccc(-c3ccccc3)c(F)c2)CC1. The molecular weight excluding hydrogens is 471 g/mol. The zero-order valence-corrected chi connectivity index (χ0v) is 20.6. The standard InChI is InChI=1S/C28H31FN6O2/c29-24-16-19(6-9-22(24)20-4-2-1-3-5-20)17-34-14-11-28(10-13-30,12-15-34)35-18-23(25(31)36)26(33-35)32-27(37)21-7-8-21/h1-6,9,16,18,21,25,36H,7-8,10-12,14-15,17,31H2,(H,32,33,37). The van der Waals surface area contributed by atoms with Crippen molar-refractivity contribution in [3.05, 3.63) is 71.7 Å². The number of nitriles is 1. The molecule has 1 amide bonds. The smallest absolute Gasteiger partial charge is 0.228 e. The van der Waals surface area contributed by atoms with Gasteiger partial charge in [-0.25, -0.2) is 4.39 Å². The molecule has 8 nitrogen and oxygen atoms in total. The number of nitrogens with zero attached hydrogens (tertiary/aromatic N) is 4. The Balaban J connectivity index is 1.29. The average molecular weight is 503 g/mol. The Morgan fingerprint density at radius 2 is 1.97 bits per heavy atom. The quantitative estimate of drug-likeness (QED) is 0.402. The molecule has 1 atom stereocenters. The molecule has 37 heavy (non-hydrogen) atoms. The molecule has 2 fully saturated rings. The van der Waals surface area contributed by atoms with Crippen LogP contribution in [0.2, 0.25) is 0 Å². The number of nitrogens with one attached hydrogen (secondary N) is 1. The van der Waals surface area contributed by atoms with Crippen LogP contribution in [0.5, 0.6) is 0 Å². The largest absolute Gasteiger partial charge is 0.374 e. The van der Waals surface area contributed by atoms with Crippen molar-refractivity contribution in [3.63, 3.8) is 0 Å². The lowest BCUT2D eigenvalue weighted by Crippen LogP contribution is -2.46. The number of nitrogens with two attached hydrogens (primary N) is 1. The molecule has 3 aromatic rings. The molecule has 1 aliphatic heterocycles. The van der Waals surface area contributed by atoms with E-state index in [1.807, 2.05) is 42.5 Å². The number of likely N-dealkylation sites (tertiary alicyclic amines) is 1. The van der Waals surface area contributed by atoms with Crippen LogP contribution in [0.4, 0.5) is 10.2 Å². The van der Waals surface area contributed by atoms with Gasteiger partial charge >= 0.3 is 0 Å². The Morgan fingerprint density at radius 3 is 2.59 bits per heavy atom. The van der Waals surface area contributed by atoms with Crippen LogP contribution >= 0.6 is 0 Å². The molecule has 4 N–H and O–H groups in total. The van der Waals surface area contributed by atoms with Crippen LogP contribution in [0.25, 0.3) is 11.1 Å². The van der Waals surface area contributed by atoms with Crippen molar-refractivity contribution in [2.45, 2.75) is 50.4 Å². The highest BCUT2D eigenvalue weighted by Gasteiger charge is 2.39. The summed E-state index contributed by atoms with van der Waals surface area (Å²) in [5.41, 5.74) is 7.83. The van der Waals surface area contributed by atoms with Crippen molar-refractivity contribution in [2.24, 2.45) is 11.7 Å². The number of hydrogen-bond donors (Lipinski definition) is 3. The van der Waals surface area contributed by atoms with Gasteiger partial charge in [-0.15, -0.1) is 0 Å². The Bertz CT molecular complexity index is 1300. The molecule has 0 bridgehead atoms. The van der Waals surface area contributed by atoms with Gasteiger partial charge in [-0.3, -0.25) is 14.4 Å². The maximum atomic E-state index is 14.9. The molecule has 9 heteroatoms. The maximum absolute atomic E-state index is 14.9. The third-order valence-electron chi connectivity index (χ3n) is 7.46. The molecule has 1 saturated heterocycles. The number of hydrogen-bond acceptors (Lipinski definition) is 6. The molecule has 2 aliphatic rings. The van der Waals surface area contributed by atoms with Crippen molar-refractivity contribution in [3.8, 4) is 17.2 Å². The van der Waals surface area contributed by atoms with Crippen LogP contribution < -0.4 is 11.1 Å². The minimum Gasteiger partial charge on any atom is -0.374 e. The van der Waals surface area contributed by atoms with E-state index in [0.29, 0.717) is 43.6 Å². The predicted octanol–water partition coefficient (Wildman–Crippen LogP) is 3.89. The zero-order valence-electron chi connectivity index (χ0n) is 20.6. The maximum Gasteiger partial charge on any atom is 0.228 e. The first-order valence-corrected chi connectivity index (χ1v) is 12.7. The van der Waals surface area contributed by atoms with Crippen LogP contribution in [0, 0.1) is 23.1 Å². The lowest BCUT2D eigenvalue weighted by atomic mass is 9.84. The highest BCUT2D eigenvalue weighted by atomic mass is 19.1. The van der Waals surface area contributed by atoms with E-state index in [2.05, 4.69) is 21.4 Å². The van der Waals surface area contributed by atoms with Crippen LogP contribution in [0.15, 0.2) is 54.7 Å². The minimum atomic E-state index is -1.30. The third-order valence-corrected chi connectivity index (χ3v) is 7.46. The molecule has 5 rings (SSSR count). The molecule has 192 valence electrons. The van der Waals surface area contributed by atoms with Crippen LogP contribution in [0.1, 0.15) is 49.5 Å². The number of benzene rings is 2. The number of carbonyl (C=O) groups is 1. The van der Waals surface area contributed by atoms with Crippen molar-refractivity contribution in [1.29, 1.82) is 5.26 Å². The summed E-state index contributed by atoms with van der Waals surface area (Å²) >= 11 is 0. The Morgan fingerprint density at radius 1 is 1.24 bits per heavy atom. The Hall–Kier alpha value is -3.58.